The summed E-state index contributed by atoms with van der Waals surface area (Å²) in [6.45, 7) is 4.50. The molecular formula is C23H22N2O2. The van der Waals surface area contributed by atoms with Crippen molar-refractivity contribution in [1.82, 2.24) is 4.57 Å². The Morgan fingerprint density at radius 2 is 1.89 bits per heavy atom. The van der Waals surface area contributed by atoms with E-state index in [-0.39, 0.29) is 23.1 Å². The number of hydrogen-bond acceptors (Lipinski definition) is 2. The number of rotatable bonds is 3. The lowest BCUT2D eigenvalue weighted by atomic mass is 10.1. The average molecular weight is 358 g/mol. The Morgan fingerprint density at radius 1 is 1.07 bits per heavy atom. The second-order valence-electron chi connectivity index (χ2n) is 7.20. The highest BCUT2D eigenvalue weighted by Crippen LogP contribution is 2.32. The molecule has 1 aromatic heterocycles. The van der Waals surface area contributed by atoms with E-state index < -0.39 is 0 Å². The van der Waals surface area contributed by atoms with E-state index in [9.17, 15) is 9.59 Å². The van der Waals surface area contributed by atoms with Crippen LogP contribution < -0.4 is 10.5 Å². The van der Waals surface area contributed by atoms with Crippen molar-refractivity contribution in [3.05, 3.63) is 99.5 Å². The van der Waals surface area contributed by atoms with Crippen LogP contribution in [0.1, 0.15) is 34.0 Å². The first-order chi connectivity index (χ1) is 13.0. The lowest BCUT2D eigenvalue weighted by Crippen LogP contribution is -2.39. The van der Waals surface area contributed by atoms with Crippen molar-refractivity contribution in [3.63, 3.8) is 0 Å². The highest BCUT2D eigenvalue weighted by Gasteiger charge is 2.32. The summed E-state index contributed by atoms with van der Waals surface area (Å²) in [7, 11) is 0. The first kappa shape index (κ1) is 17.3. The number of aromatic nitrogens is 1. The monoisotopic (exact) mass is 358 g/mol. The average Bonchev–Trinajstić information content (AvgIpc) is 2.99. The van der Waals surface area contributed by atoms with Crippen LogP contribution in [0.2, 0.25) is 0 Å². The first-order valence-electron chi connectivity index (χ1n) is 9.21. The van der Waals surface area contributed by atoms with Gasteiger partial charge in [0.2, 0.25) is 0 Å². The number of fused-ring (bicyclic) bond motifs is 1. The van der Waals surface area contributed by atoms with Gasteiger partial charge < -0.3 is 9.47 Å². The summed E-state index contributed by atoms with van der Waals surface area (Å²) >= 11 is 0. The molecule has 4 heteroatoms. The molecule has 0 unspecified atom stereocenters. The third kappa shape index (κ3) is 3.19. The standard InChI is InChI=1S/C23H22N2O2/c1-16-7-5-8-18(13-16)15-24-12-6-10-20(22(24)26)23(27)25-17(2)14-19-9-3-4-11-21(19)25/h3-13,17H,14-15H2,1-2H3/t17-/m0/s1. The van der Waals surface area contributed by atoms with Crippen LogP contribution >= 0.6 is 0 Å². The minimum absolute atomic E-state index is 0.0414. The van der Waals surface area contributed by atoms with Crippen molar-refractivity contribution in [1.29, 1.82) is 0 Å². The van der Waals surface area contributed by atoms with Crippen molar-refractivity contribution >= 4 is 11.6 Å². The largest absolute Gasteiger partial charge is 0.310 e. The lowest BCUT2D eigenvalue weighted by molar-refractivity contribution is 0.0979. The zero-order valence-electron chi connectivity index (χ0n) is 15.6. The van der Waals surface area contributed by atoms with E-state index in [2.05, 4.69) is 6.07 Å². The smallest absolute Gasteiger partial charge is 0.264 e. The van der Waals surface area contributed by atoms with Gasteiger partial charge in [0.05, 0.1) is 6.54 Å². The van der Waals surface area contributed by atoms with E-state index >= 15 is 0 Å². The van der Waals surface area contributed by atoms with E-state index in [4.69, 9.17) is 0 Å². The number of aryl methyl sites for hydroxylation is 1. The van der Waals surface area contributed by atoms with E-state index in [1.807, 2.05) is 56.3 Å². The van der Waals surface area contributed by atoms with E-state index in [1.165, 1.54) is 0 Å². The van der Waals surface area contributed by atoms with Crippen LogP contribution in [0.25, 0.3) is 0 Å². The number of pyridine rings is 1. The van der Waals surface area contributed by atoms with Crippen LogP contribution in [0.5, 0.6) is 0 Å². The van der Waals surface area contributed by atoms with Gasteiger partial charge in [0, 0.05) is 17.9 Å². The molecule has 2 heterocycles. The van der Waals surface area contributed by atoms with Gasteiger partial charge in [-0.1, -0.05) is 48.0 Å². The molecule has 0 bridgehead atoms. The maximum absolute atomic E-state index is 13.2. The van der Waals surface area contributed by atoms with E-state index in [0.717, 1.165) is 28.8 Å². The summed E-state index contributed by atoms with van der Waals surface area (Å²) < 4.78 is 1.61. The van der Waals surface area contributed by atoms with Gasteiger partial charge in [-0.3, -0.25) is 9.59 Å². The summed E-state index contributed by atoms with van der Waals surface area (Å²) in [5, 5.41) is 0. The topological polar surface area (TPSA) is 42.3 Å². The zero-order valence-corrected chi connectivity index (χ0v) is 15.6. The van der Waals surface area contributed by atoms with Crippen LogP contribution in [-0.2, 0) is 13.0 Å². The quantitative estimate of drug-likeness (QED) is 0.715. The van der Waals surface area contributed by atoms with Crippen LogP contribution in [-0.4, -0.2) is 16.5 Å². The molecule has 0 radical (unpaired) electrons. The molecule has 0 saturated heterocycles. The molecule has 0 fully saturated rings. The van der Waals surface area contributed by atoms with Gasteiger partial charge in [0.25, 0.3) is 11.5 Å². The van der Waals surface area contributed by atoms with Crippen molar-refractivity contribution in [2.24, 2.45) is 0 Å². The second kappa shape index (κ2) is 6.88. The molecule has 1 atom stereocenters. The number of carbonyl (C=O) groups excluding carboxylic acids is 1. The van der Waals surface area contributed by atoms with Crippen LogP contribution in [0.3, 0.4) is 0 Å². The van der Waals surface area contributed by atoms with Crippen molar-refractivity contribution in [3.8, 4) is 0 Å². The minimum Gasteiger partial charge on any atom is -0.310 e. The van der Waals surface area contributed by atoms with E-state index in [0.29, 0.717) is 6.54 Å². The molecule has 0 aliphatic carbocycles. The Hall–Kier alpha value is -3.14. The number of amides is 1. The number of hydrogen-bond donors (Lipinski definition) is 0. The first-order valence-corrected chi connectivity index (χ1v) is 9.21. The SMILES string of the molecule is Cc1cccc(Cn2cccc(C(=O)N3c4ccccc4C[C@@H]3C)c2=O)c1. The van der Waals surface area contributed by atoms with Gasteiger partial charge in [-0.25, -0.2) is 0 Å². The molecule has 4 nitrogen and oxygen atoms in total. The predicted molar refractivity (Wildman–Crippen MR) is 107 cm³/mol. The van der Waals surface area contributed by atoms with Gasteiger partial charge in [0.1, 0.15) is 5.56 Å². The summed E-state index contributed by atoms with van der Waals surface area (Å²) in [6.07, 6.45) is 2.55. The number of nitrogens with zero attached hydrogens (tertiary/aromatic N) is 2. The predicted octanol–water partition coefficient (Wildman–Crippen LogP) is 3.80. The Balaban J connectivity index is 1.69. The summed E-state index contributed by atoms with van der Waals surface area (Å²) in [5.74, 6) is -0.226. The highest BCUT2D eigenvalue weighted by atomic mass is 16.2. The fourth-order valence-electron chi connectivity index (χ4n) is 3.84. The van der Waals surface area contributed by atoms with Crippen molar-refractivity contribution in [2.45, 2.75) is 32.9 Å². The fourth-order valence-corrected chi connectivity index (χ4v) is 3.84. The van der Waals surface area contributed by atoms with Gasteiger partial charge in [-0.15, -0.1) is 0 Å². The molecule has 4 rings (SSSR count). The van der Waals surface area contributed by atoms with Gasteiger partial charge in [-0.2, -0.15) is 0 Å². The molecule has 1 aliphatic rings. The van der Waals surface area contributed by atoms with Gasteiger partial charge in [-0.05, 0) is 49.6 Å². The molecular weight excluding hydrogens is 336 g/mol. The van der Waals surface area contributed by atoms with Crippen LogP contribution in [0.4, 0.5) is 5.69 Å². The van der Waals surface area contributed by atoms with Gasteiger partial charge in [0.15, 0.2) is 0 Å². The maximum atomic E-state index is 13.2. The third-order valence-corrected chi connectivity index (χ3v) is 5.11. The Bertz CT molecular complexity index is 1070. The lowest BCUT2D eigenvalue weighted by Gasteiger charge is -2.22. The fraction of sp³-hybridized carbons (Fsp3) is 0.217. The number of anilines is 1. The molecule has 2 aromatic carbocycles. The molecule has 27 heavy (non-hydrogen) atoms. The molecule has 1 aliphatic heterocycles. The summed E-state index contributed by atoms with van der Waals surface area (Å²) in [4.78, 5) is 28.0. The number of para-hydroxylation sites is 1. The molecule has 0 spiro atoms. The van der Waals surface area contributed by atoms with Crippen LogP contribution in [0, 0.1) is 6.92 Å². The van der Waals surface area contributed by atoms with Gasteiger partial charge >= 0.3 is 0 Å². The van der Waals surface area contributed by atoms with Crippen LogP contribution in [0.15, 0.2) is 71.7 Å². The van der Waals surface area contributed by atoms with Crippen molar-refractivity contribution < 1.29 is 4.79 Å². The zero-order chi connectivity index (χ0) is 19.0. The normalized spacial score (nSPS) is 15.6. The second-order valence-corrected chi connectivity index (χ2v) is 7.20. The van der Waals surface area contributed by atoms with Crippen molar-refractivity contribution in [2.75, 3.05) is 4.90 Å². The molecule has 136 valence electrons. The third-order valence-electron chi connectivity index (χ3n) is 5.11. The Labute approximate surface area is 158 Å². The Morgan fingerprint density at radius 3 is 2.70 bits per heavy atom. The Kier molecular flexibility index (Phi) is 4.40. The maximum Gasteiger partial charge on any atom is 0.264 e. The minimum atomic E-state index is -0.249. The molecule has 1 amide bonds. The number of carbonyl (C=O) groups is 1. The molecule has 3 aromatic rings. The molecule has 0 N–H and O–H groups in total. The molecule has 0 saturated carbocycles. The highest BCUT2D eigenvalue weighted by molar-refractivity contribution is 6.07. The number of benzene rings is 2. The summed E-state index contributed by atoms with van der Waals surface area (Å²) in [6, 6.07) is 19.4. The summed E-state index contributed by atoms with van der Waals surface area (Å²) in [5.41, 5.74) is 4.21. The van der Waals surface area contributed by atoms with E-state index in [1.54, 1.807) is 27.8 Å².